The Morgan fingerprint density at radius 2 is 2.00 bits per heavy atom. The van der Waals surface area contributed by atoms with E-state index in [2.05, 4.69) is 12.3 Å². The number of hydrogen-bond acceptors (Lipinski definition) is 5. The molecule has 0 radical (unpaired) electrons. The lowest BCUT2D eigenvalue weighted by atomic mass is 9.99. The summed E-state index contributed by atoms with van der Waals surface area (Å²) in [6.45, 7) is 3.75. The molecule has 1 amide bonds. The number of benzene rings is 2. The van der Waals surface area contributed by atoms with E-state index >= 15 is 0 Å². The van der Waals surface area contributed by atoms with Crippen LogP contribution in [0.5, 0.6) is 0 Å². The summed E-state index contributed by atoms with van der Waals surface area (Å²) in [7, 11) is 1.73. The Bertz CT molecular complexity index is 825. The van der Waals surface area contributed by atoms with Gasteiger partial charge >= 0.3 is 0 Å². The normalized spacial score (nSPS) is 16.7. The molecule has 2 aromatic rings. The molecule has 142 valence electrons. The number of nitrogens with one attached hydrogen (secondary N) is 1. The van der Waals surface area contributed by atoms with E-state index in [1.165, 1.54) is 6.07 Å². The molecule has 1 saturated heterocycles. The fourth-order valence-corrected chi connectivity index (χ4v) is 3.42. The molecule has 0 saturated carbocycles. The summed E-state index contributed by atoms with van der Waals surface area (Å²) in [6, 6.07) is 14.1. The number of carbonyl (C=O) groups is 1. The highest BCUT2D eigenvalue weighted by atomic mass is 16.6. The Labute approximate surface area is 158 Å². The van der Waals surface area contributed by atoms with Gasteiger partial charge in [0, 0.05) is 31.8 Å². The van der Waals surface area contributed by atoms with Gasteiger partial charge in [-0.1, -0.05) is 25.1 Å². The zero-order valence-electron chi connectivity index (χ0n) is 15.6. The predicted molar refractivity (Wildman–Crippen MR) is 106 cm³/mol. The Morgan fingerprint density at radius 3 is 2.67 bits per heavy atom. The molecular formula is C20H24N4O3. The molecule has 7 heteroatoms. The third kappa shape index (κ3) is 4.36. The third-order valence-corrected chi connectivity index (χ3v) is 4.84. The maximum absolute atomic E-state index is 12.6. The van der Waals surface area contributed by atoms with E-state index in [1.54, 1.807) is 24.2 Å². The van der Waals surface area contributed by atoms with Crippen LogP contribution in [0.4, 0.5) is 17.1 Å². The minimum Gasteiger partial charge on any atom is -0.366 e. The number of hydrogen-bond donors (Lipinski definition) is 1. The second-order valence-corrected chi connectivity index (χ2v) is 6.99. The summed E-state index contributed by atoms with van der Waals surface area (Å²) in [5.74, 6) is 0.115. The van der Waals surface area contributed by atoms with Crippen LogP contribution in [0.2, 0.25) is 0 Å². The Kier molecular flexibility index (Phi) is 5.59. The molecule has 0 spiro atoms. The molecule has 1 heterocycles. The molecule has 1 N–H and O–H groups in total. The lowest BCUT2D eigenvalue weighted by Gasteiger charge is -2.32. The molecule has 1 aliphatic rings. The van der Waals surface area contributed by atoms with Crippen molar-refractivity contribution in [2.75, 3.05) is 30.0 Å². The van der Waals surface area contributed by atoms with Gasteiger partial charge in [0.05, 0.1) is 10.6 Å². The third-order valence-electron chi connectivity index (χ3n) is 4.84. The molecule has 0 aromatic heterocycles. The molecule has 1 atom stereocenters. The zero-order valence-corrected chi connectivity index (χ0v) is 15.6. The molecule has 0 bridgehead atoms. The van der Waals surface area contributed by atoms with Gasteiger partial charge < -0.3 is 4.90 Å². The lowest BCUT2D eigenvalue weighted by molar-refractivity contribution is -0.384. The van der Waals surface area contributed by atoms with Gasteiger partial charge in [-0.3, -0.25) is 25.3 Å². The molecule has 0 unspecified atom stereocenters. The van der Waals surface area contributed by atoms with Crippen LogP contribution in [0.25, 0.3) is 0 Å². The number of carbonyl (C=O) groups excluding carboxylic acids is 1. The quantitative estimate of drug-likeness (QED) is 0.644. The summed E-state index contributed by atoms with van der Waals surface area (Å²) in [5, 5.41) is 13.2. The van der Waals surface area contributed by atoms with Crippen LogP contribution in [0.3, 0.4) is 0 Å². The first-order valence-corrected chi connectivity index (χ1v) is 9.09. The maximum Gasteiger partial charge on any atom is 0.293 e. The topological polar surface area (TPSA) is 78.7 Å². The van der Waals surface area contributed by atoms with Crippen molar-refractivity contribution in [1.82, 2.24) is 5.43 Å². The van der Waals surface area contributed by atoms with E-state index in [0.29, 0.717) is 11.6 Å². The smallest absolute Gasteiger partial charge is 0.293 e. The highest BCUT2D eigenvalue weighted by Gasteiger charge is 2.25. The van der Waals surface area contributed by atoms with Crippen molar-refractivity contribution in [2.45, 2.75) is 19.8 Å². The summed E-state index contributed by atoms with van der Waals surface area (Å²) in [5.41, 5.74) is 4.38. The van der Waals surface area contributed by atoms with Gasteiger partial charge in [-0.2, -0.15) is 0 Å². The molecule has 7 nitrogen and oxygen atoms in total. The van der Waals surface area contributed by atoms with Gasteiger partial charge in [0.2, 0.25) is 0 Å². The van der Waals surface area contributed by atoms with Crippen molar-refractivity contribution >= 4 is 23.0 Å². The largest absolute Gasteiger partial charge is 0.366 e. The minimum absolute atomic E-state index is 0.0286. The summed E-state index contributed by atoms with van der Waals surface area (Å²) in [4.78, 5) is 25.8. The van der Waals surface area contributed by atoms with Crippen molar-refractivity contribution in [3.05, 3.63) is 64.2 Å². The van der Waals surface area contributed by atoms with E-state index in [9.17, 15) is 14.9 Å². The van der Waals surface area contributed by atoms with Crippen molar-refractivity contribution in [2.24, 2.45) is 5.92 Å². The number of nitrogens with zero attached hydrogens (tertiary/aromatic N) is 3. The Morgan fingerprint density at radius 1 is 1.26 bits per heavy atom. The van der Waals surface area contributed by atoms with Crippen molar-refractivity contribution in [3.8, 4) is 0 Å². The number of rotatable bonds is 5. The molecule has 27 heavy (non-hydrogen) atoms. The number of nitro benzene ring substituents is 1. The SMILES string of the molecule is C[C@H]1CCCN(c2ccc(C(=O)NN(C)c3ccccc3)cc2[N+](=O)[O-])C1. The first-order valence-electron chi connectivity index (χ1n) is 9.09. The number of nitro groups is 1. The molecule has 1 fully saturated rings. The van der Waals surface area contributed by atoms with Gasteiger partial charge in [0.15, 0.2) is 0 Å². The fourth-order valence-electron chi connectivity index (χ4n) is 3.42. The van der Waals surface area contributed by atoms with Crippen LogP contribution >= 0.6 is 0 Å². The van der Waals surface area contributed by atoms with Crippen LogP contribution in [-0.2, 0) is 0 Å². The molecular weight excluding hydrogens is 344 g/mol. The molecule has 0 aliphatic carbocycles. The number of para-hydroxylation sites is 1. The van der Waals surface area contributed by atoms with Crippen LogP contribution < -0.4 is 15.3 Å². The number of piperidine rings is 1. The lowest BCUT2D eigenvalue weighted by Crippen LogP contribution is -2.39. The van der Waals surface area contributed by atoms with Gasteiger partial charge in [-0.05, 0) is 43.0 Å². The van der Waals surface area contributed by atoms with E-state index in [1.807, 2.05) is 35.2 Å². The second-order valence-electron chi connectivity index (χ2n) is 6.99. The van der Waals surface area contributed by atoms with Crippen molar-refractivity contribution in [1.29, 1.82) is 0 Å². The summed E-state index contributed by atoms with van der Waals surface area (Å²) >= 11 is 0. The Hall–Kier alpha value is -3.09. The first kappa shape index (κ1) is 18.7. The minimum atomic E-state index is -0.410. The van der Waals surface area contributed by atoms with Crippen LogP contribution in [0.15, 0.2) is 48.5 Å². The maximum atomic E-state index is 12.6. The number of anilines is 2. The van der Waals surface area contributed by atoms with Gasteiger partial charge in [0.1, 0.15) is 5.69 Å². The van der Waals surface area contributed by atoms with Gasteiger partial charge in [0.25, 0.3) is 11.6 Å². The van der Waals surface area contributed by atoms with Crippen LogP contribution in [0.1, 0.15) is 30.1 Å². The van der Waals surface area contributed by atoms with Crippen molar-refractivity contribution < 1.29 is 9.72 Å². The zero-order chi connectivity index (χ0) is 19.4. The van der Waals surface area contributed by atoms with Crippen LogP contribution in [-0.4, -0.2) is 31.0 Å². The standard InChI is InChI=1S/C20H24N4O3/c1-15-7-6-12-23(14-15)18-11-10-16(13-19(18)24(26)27)20(25)21-22(2)17-8-4-3-5-9-17/h3-5,8-11,13,15H,6-7,12,14H2,1-2H3,(H,21,25)/t15-/m0/s1. The van der Waals surface area contributed by atoms with E-state index in [0.717, 1.165) is 31.6 Å². The van der Waals surface area contributed by atoms with Crippen molar-refractivity contribution in [3.63, 3.8) is 0 Å². The molecule has 2 aromatic carbocycles. The van der Waals surface area contributed by atoms with E-state index in [4.69, 9.17) is 0 Å². The highest BCUT2D eigenvalue weighted by molar-refractivity contribution is 5.96. The highest BCUT2D eigenvalue weighted by Crippen LogP contribution is 2.32. The Balaban J connectivity index is 1.81. The molecule has 3 rings (SSSR count). The van der Waals surface area contributed by atoms with Gasteiger partial charge in [-0.15, -0.1) is 0 Å². The first-order chi connectivity index (χ1) is 13.0. The average molecular weight is 368 g/mol. The number of hydrazine groups is 1. The fraction of sp³-hybridized carbons (Fsp3) is 0.350. The number of amides is 1. The summed E-state index contributed by atoms with van der Waals surface area (Å²) < 4.78 is 0. The average Bonchev–Trinajstić information content (AvgIpc) is 2.68. The van der Waals surface area contributed by atoms with E-state index in [-0.39, 0.29) is 17.2 Å². The van der Waals surface area contributed by atoms with Crippen LogP contribution in [0, 0.1) is 16.0 Å². The van der Waals surface area contributed by atoms with Gasteiger partial charge in [-0.25, -0.2) is 0 Å². The second kappa shape index (κ2) is 8.07. The summed E-state index contributed by atoms with van der Waals surface area (Å²) in [6.07, 6.45) is 2.15. The predicted octanol–water partition coefficient (Wildman–Crippen LogP) is 3.61. The monoisotopic (exact) mass is 368 g/mol. The van der Waals surface area contributed by atoms with E-state index < -0.39 is 4.92 Å². The molecule has 1 aliphatic heterocycles.